The Balaban J connectivity index is 1.30. The van der Waals surface area contributed by atoms with E-state index in [0.717, 1.165) is 16.5 Å². The molecule has 0 saturated carbocycles. The summed E-state index contributed by atoms with van der Waals surface area (Å²) in [5, 5.41) is 22.3. The van der Waals surface area contributed by atoms with Gasteiger partial charge in [-0.25, -0.2) is 14.4 Å². The van der Waals surface area contributed by atoms with Gasteiger partial charge in [0.1, 0.15) is 30.3 Å². The van der Waals surface area contributed by atoms with E-state index in [1.54, 1.807) is 35.4 Å². The van der Waals surface area contributed by atoms with Gasteiger partial charge in [-0.3, -0.25) is 0 Å². The Morgan fingerprint density at radius 1 is 1.21 bits per heavy atom. The van der Waals surface area contributed by atoms with Crippen molar-refractivity contribution in [3.63, 3.8) is 0 Å². The highest BCUT2D eigenvalue weighted by Crippen LogP contribution is 2.31. The van der Waals surface area contributed by atoms with Crippen molar-refractivity contribution in [2.24, 2.45) is 15.9 Å². The normalized spacial score (nSPS) is 15.9. The van der Waals surface area contributed by atoms with Gasteiger partial charge in [0.05, 0.1) is 22.9 Å². The predicted octanol–water partition coefficient (Wildman–Crippen LogP) is 4.46. The first-order valence-electron chi connectivity index (χ1n) is 11.9. The zero-order chi connectivity index (χ0) is 26.5. The van der Waals surface area contributed by atoms with Gasteiger partial charge < -0.3 is 25.8 Å². The van der Waals surface area contributed by atoms with Crippen LogP contribution in [0.25, 0.3) is 10.9 Å². The van der Waals surface area contributed by atoms with E-state index >= 15 is 0 Å². The number of ether oxygens (including phenoxy) is 1. The zero-order valence-corrected chi connectivity index (χ0v) is 21.0. The number of likely N-dealkylation sites (tertiary alicyclic amines) is 1. The van der Waals surface area contributed by atoms with Crippen LogP contribution in [0.2, 0.25) is 5.02 Å². The van der Waals surface area contributed by atoms with E-state index in [-0.39, 0.29) is 18.4 Å². The minimum absolute atomic E-state index is 0.195. The fourth-order valence-electron chi connectivity index (χ4n) is 4.04. The molecule has 1 aromatic heterocycles. The number of benzene rings is 3. The number of aliphatic hydroxyl groups excluding tert-OH is 1. The van der Waals surface area contributed by atoms with Gasteiger partial charge in [0, 0.05) is 24.2 Å². The van der Waals surface area contributed by atoms with Gasteiger partial charge in [0.2, 0.25) is 5.96 Å². The summed E-state index contributed by atoms with van der Waals surface area (Å²) in [6, 6.07) is 17.1. The molecule has 5 rings (SSSR count). The van der Waals surface area contributed by atoms with Gasteiger partial charge in [-0.05, 0) is 60.0 Å². The summed E-state index contributed by atoms with van der Waals surface area (Å²) in [6.07, 6.45) is 3.34. The highest BCUT2D eigenvalue weighted by atomic mass is 35.5. The van der Waals surface area contributed by atoms with Crippen molar-refractivity contribution in [2.75, 3.05) is 18.4 Å². The number of halogens is 2. The van der Waals surface area contributed by atoms with Gasteiger partial charge in [0.15, 0.2) is 0 Å². The van der Waals surface area contributed by atoms with Crippen molar-refractivity contribution in [3.8, 4) is 5.75 Å². The lowest BCUT2D eigenvalue weighted by Crippen LogP contribution is -2.35. The fraction of sp³-hybridized carbons (Fsp3) is 0.185. The van der Waals surface area contributed by atoms with E-state index in [1.165, 1.54) is 18.5 Å². The third-order valence-electron chi connectivity index (χ3n) is 5.99. The topological polar surface area (TPSA) is 121 Å². The number of hydrogen-bond acceptors (Lipinski definition) is 7. The van der Waals surface area contributed by atoms with Crippen molar-refractivity contribution in [1.29, 1.82) is 0 Å². The third-order valence-corrected chi connectivity index (χ3v) is 6.29. The average molecular weight is 534 g/mol. The van der Waals surface area contributed by atoms with Gasteiger partial charge in [-0.15, -0.1) is 5.10 Å². The zero-order valence-electron chi connectivity index (χ0n) is 20.3. The summed E-state index contributed by atoms with van der Waals surface area (Å²) in [6.45, 7) is 1.30. The molecule has 1 aliphatic rings. The second kappa shape index (κ2) is 11.4. The first-order valence-corrected chi connectivity index (χ1v) is 12.3. The van der Waals surface area contributed by atoms with Crippen molar-refractivity contribution < 1.29 is 14.2 Å². The van der Waals surface area contributed by atoms with E-state index in [1.807, 2.05) is 24.3 Å². The molecule has 1 saturated heterocycles. The minimum Gasteiger partial charge on any atom is -0.487 e. The Morgan fingerprint density at radius 2 is 2.11 bits per heavy atom. The lowest BCUT2D eigenvalue weighted by molar-refractivity contribution is 0.188. The first-order chi connectivity index (χ1) is 18.4. The number of guanidine groups is 1. The SMILES string of the molecule is NC(=NN=Cc1ccc2ncnc(Nc3ccc(OCc4cccc(F)c4)c(Cl)c3)c2c1)N1CCC(O)C1. The molecule has 3 aromatic carbocycles. The summed E-state index contributed by atoms with van der Waals surface area (Å²) in [5.74, 6) is 1.02. The van der Waals surface area contributed by atoms with E-state index in [2.05, 4.69) is 25.5 Å². The predicted molar refractivity (Wildman–Crippen MR) is 146 cm³/mol. The molecule has 11 heteroatoms. The number of rotatable bonds is 7. The lowest BCUT2D eigenvalue weighted by atomic mass is 10.1. The third kappa shape index (κ3) is 6.16. The monoisotopic (exact) mass is 533 g/mol. The van der Waals surface area contributed by atoms with Crippen LogP contribution in [-0.4, -0.2) is 51.3 Å². The van der Waals surface area contributed by atoms with Gasteiger partial charge >= 0.3 is 0 Å². The molecule has 1 aliphatic heterocycles. The molecule has 1 unspecified atom stereocenters. The van der Waals surface area contributed by atoms with Gasteiger partial charge in [-0.1, -0.05) is 29.8 Å². The number of nitrogens with two attached hydrogens (primary N) is 1. The summed E-state index contributed by atoms with van der Waals surface area (Å²) in [7, 11) is 0. The molecular weight excluding hydrogens is 509 g/mol. The van der Waals surface area contributed by atoms with Crippen LogP contribution in [0.5, 0.6) is 5.75 Å². The second-order valence-electron chi connectivity index (χ2n) is 8.78. The average Bonchev–Trinajstić information content (AvgIpc) is 3.35. The number of aromatic nitrogens is 2. The molecule has 4 aromatic rings. The van der Waals surface area contributed by atoms with Crippen LogP contribution in [0.1, 0.15) is 17.5 Å². The summed E-state index contributed by atoms with van der Waals surface area (Å²) < 4.78 is 19.2. The molecule has 1 fully saturated rings. The molecule has 0 aliphatic carbocycles. The smallest absolute Gasteiger partial charge is 0.216 e. The van der Waals surface area contributed by atoms with Crippen molar-refractivity contribution in [2.45, 2.75) is 19.1 Å². The summed E-state index contributed by atoms with van der Waals surface area (Å²) >= 11 is 6.45. The van der Waals surface area contributed by atoms with E-state index in [4.69, 9.17) is 22.1 Å². The number of nitrogens with zero attached hydrogens (tertiary/aromatic N) is 5. The summed E-state index contributed by atoms with van der Waals surface area (Å²) in [4.78, 5) is 10.5. The van der Waals surface area contributed by atoms with E-state index in [9.17, 15) is 9.50 Å². The Kier molecular flexibility index (Phi) is 7.62. The molecule has 0 bridgehead atoms. The Hall–Kier alpha value is -4.28. The van der Waals surface area contributed by atoms with Crippen LogP contribution in [0.15, 0.2) is 77.2 Å². The van der Waals surface area contributed by atoms with Crippen molar-refractivity contribution in [3.05, 3.63) is 89.0 Å². The van der Waals surface area contributed by atoms with Crippen LogP contribution in [-0.2, 0) is 6.61 Å². The fourth-order valence-corrected chi connectivity index (χ4v) is 4.28. The van der Waals surface area contributed by atoms with Crippen LogP contribution in [0.4, 0.5) is 15.9 Å². The maximum atomic E-state index is 13.4. The van der Waals surface area contributed by atoms with Crippen LogP contribution < -0.4 is 15.8 Å². The van der Waals surface area contributed by atoms with E-state index in [0.29, 0.717) is 47.4 Å². The molecule has 4 N–H and O–H groups in total. The molecule has 9 nitrogen and oxygen atoms in total. The highest BCUT2D eigenvalue weighted by Gasteiger charge is 2.21. The van der Waals surface area contributed by atoms with Crippen LogP contribution in [0.3, 0.4) is 0 Å². The Bertz CT molecular complexity index is 1510. The number of nitrogens with one attached hydrogen (secondary N) is 1. The number of β-amino-alcohol motifs (C(OH)–C–C–N with tert-alkyl or cyclic N) is 1. The van der Waals surface area contributed by atoms with E-state index < -0.39 is 6.10 Å². The van der Waals surface area contributed by atoms with Crippen molar-refractivity contribution >= 4 is 46.2 Å². The maximum absolute atomic E-state index is 13.4. The Morgan fingerprint density at radius 3 is 2.89 bits per heavy atom. The highest BCUT2D eigenvalue weighted by molar-refractivity contribution is 6.32. The molecule has 38 heavy (non-hydrogen) atoms. The lowest BCUT2D eigenvalue weighted by Gasteiger charge is -2.14. The number of anilines is 2. The largest absolute Gasteiger partial charge is 0.487 e. The standard InChI is InChI=1S/C27H25ClFN7O2/c28-23-12-20(5-7-25(23)38-15-18-2-1-3-19(29)10-18)34-26-22-11-17(4-6-24(22)31-16-32-26)13-33-35-27(30)36-9-8-21(37)14-36/h1-7,10-13,16,21,37H,8-9,14-15H2,(H2,30,35)(H,31,32,34). The van der Waals surface area contributed by atoms with Crippen LogP contribution in [0, 0.1) is 5.82 Å². The molecular formula is C27H25ClFN7O2. The first kappa shape index (κ1) is 25.4. The molecule has 1 atom stereocenters. The number of fused-ring (bicyclic) bond motifs is 1. The minimum atomic E-state index is -0.391. The molecule has 2 heterocycles. The van der Waals surface area contributed by atoms with Crippen LogP contribution >= 0.6 is 11.6 Å². The second-order valence-corrected chi connectivity index (χ2v) is 9.19. The number of aliphatic hydroxyl groups is 1. The molecule has 0 spiro atoms. The van der Waals surface area contributed by atoms with Gasteiger partial charge in [0.25, 0.3) is 0 Å². The van der Waals surface area contributed by atoms with Gasteiger partial charge in [-0.2, -0.15) is 5.10 Å². The quantitative estimate of drug-likeness (QED) is 0.182. The summed E-state index contributed by atoms with van der Waals surface area (Å²) in [5.41, 5.74) is 8.91. The van der Waals surface area contributed by atoms with Crippen molar-refractivity contribution in [1.82, 2.24) is 14.9 Å². The molecule has 194 valence electrons. The molecule has 0 radical (unpaired) electrons. The number of hydrogen-bond donors (Lipinski definition) is 3. The molecule has 0 amide bonds. The maximum Gasteiger partial charge on any atom is 0.216 e. The Labute approximate surface area is 223 Å².